The van der Waals surface area contributed by atoms with Crippen LogP contribution in [-0.2, 0) is 0 Å². The Bertz CT molecular complexity index is 423. The van der Waals surface area contributed by atoms with Crippen LogP contribution in [0.25, 0.3) is 5.65 Å². The summed E-state index contributed by atoms with van der Waals surface area (Å²) in [4.78, 5) is 4.37. The van der Waals surface area contributed by atoms with Crippen LogP contribution in [0.1, 0.15) is 0 Å². The van der Waals surface area contributed by atoms with Crippen molar-refractivity contribution in [2.24, 2.45) is 0 Å². The van der Waals surface area contributed by atoms with Crippen molar-refractivity contribution in [3.8, 4) is 0 Å². The van der Waals surface area contributed by atoms with E-state index in [1.54, 1.807) is 10.7 Å². The van der Waals surface area contributed by atoms with Crippen LogP contribution in [0.2, 0.25) is 0 Å². The van der Waals surface area contributed by atoms with Gasteiger partial charge in [-0.1, -0.05) is 0 Å². The second-order valence-electron chi connectivity index (χ2n) is 3.05. The van der Waals surface area contributed by atoms with Crippen molar-refractivity contribution in [3.63, 3.8) is 0 Å². The molecule has 80 valence electrons. The monoisotopic (exact) mass is 206 g/mol. The molecule has 0 aliphatic heterocycles. The van der Waals surface area contributed by atoms with Crippen LogP contribution >= 0.6 is 0 Å². The van der Waals surface area contributed by atoms with Crippen molar-refractivity contribution in [2.45, 2.75) is 0 Å². The van der Waals surface area contributed by atoms with Gasteiger partial charge < -0.3 is 5.32 Å². The zero-order valence-corrected chi connectivity index (χ0v) is 8.57. The van der Waals surface area contributed by atoms with Crippen LogP contribution in [0.4, 0.5) is 5.82 Å². The SMILES string of the molecule is CNNCCNc1ccn2nccc2n1. The first kappa shape index (κ1) is 9.88. The van der Waals surface area contributed by atoms with E-state index < -0.39 is 0 Å². The molecule has 0 bridgehead atoms. The van der Waals surface area contributed by atoms with E-state index in [2.05, 4.69) is 26.3 Å². The van der Waals surface area contributed by atoms with Crippen LogP contribution in [0.5, 0.6) is 0 Å². The molecule has 0 spiro atoms. The molecule has 2 aromatic rings. The largest absolute Gasteiger partial charge is 0.369 e. The summed E-state index contributed by atoms with van der Waals surface area (Å²) in [6, 6.07) is 3.77. The zero-order chi connectivity index (χ0) is 10.5. The van der Waals surface area contributed by atoms with Gasteiger partial charge in [-0.05, 0) is 13.1 Å². The normalized spacial score (nSPS) is 10.7. The Balaban J connectivity index is 1.96. The third kappa shape index (κ3) is 2.42. The Morgan fingerprint density at radius 3 is 3.13 bits per heavy atom. The summed E-state index contributed by atoms with van der Waals surface area (Å²) in [6.45, 7) is 1.65. The number of anilines is 1. The number of rotatable bonds is 5. The average Bonchev–Trinajstić information content (AvgIpc) is 2.71. The molecule has 0 amide bonds. The third-order valence-corrected chi connectivity index (χ3v) is 1.99. The van der Waals surface area contributed by atoms with E-state index in [-0.39, 0.29) is 0 Å². The topological polar surface area (TPSA) is 66.3 Å². The Hall–Kier alpha value is -1.66. The lowest BCUT2D eigenvalue weighted by molar-refractivity contribution is 0.611. The van der Waals surface area contributed by atoms with Crippen LogP contribution in [-0.4, -0.2) is 34.7 Å². The second-order valence-corrected chi connectivity index (χ2v) is 3.05. The van der Waals surface area contributed by atoms with Crippen LogP contribution < -0.4 is 16.2 Å². The first-order valence-corrected chi connectivity index (χ1v) is 4.84. The summed E-state index contributed by atoms with van der Waals surface area (Å²) in [5.41, 5.74) is 6.70. The molecule has 2 heterocycles. The lowest BCUT2D eigenvalue weighted by Gasteiger charge is -2.06. The molecule has 15 heavy (non-hydrogen) atoms. The van der Waals surface area contributed by atoms with Gasteiger partial charge in [0.1, 0.15) is 5.82 Å². The number of hydrogen-bond acceptors (Lipinski definition) is 5. The summed E-state index contributed by atoms with van der Waals surface area (Å²) in [5.74, 6) is 0.862. The molecule has 0 atom stereocenters. The van der Waals surface area contributed by atoms with E-state index in [9.17, 15) is 0 Å². The van der Waals surface area contributed by atoms with Crippen molar-refractivity contribution in [3.05, 3.63) is 24.5 Å². The third-order valence-electron chi connectivity index (χ3n) is 1.99. The van der Waals surface area contributed by atoms with Crippen molar-refractivity contribution < 1.29 is 0 Å². The highest BCUT2D eigenvalue weighted by Crippen LogP contribution is 2.04. The highest BCUT2D eigenvalue weighted by molar-refractivity contribution is 5.45. The molecule has 0 fully saturated rings. The predicted molar refractivity (Wildman–Crippen MR) is 58.5 cm³/mol. The fourth-order valence-electron chi connectivity index (χ4n) is 1.29. The van der Waals surface area contributed by atoms with Crippen molar-refractivity contribution in [1.29, 1.82) is 0 Å². The Morgan fingerprint density at radius 2 is 2.27 bits per heavy atom. The first-order chi connectivity index (χ1) is 7.40. The first-order valence-electron chi connectivity index (χ1n) is 4.84. The molecule has 3 N–H and O–H groups in total. The summed E-state index contributed by atoms with van der Waals surface area (Å²) in [5, 5.41) is 7.28. The average molecular weight is 206 g/mol. The summed E-state index contributed by atoms with van der Waals surface area (Å²) in [7, 11) is 1.84. The van der Waals surface area contributed by atoms with Gasteiger partial charge in [0.2, 0.25) is 0 Å². The minimum absolute atomic E-state index is 0.818. The van der Waals surface area contributed by atoms with Gasteiger partial charge in [0, 0.05) is 25.4 Å². The zero-order valence-electron chi connectivity index (χ0n) is 8.57. The quantitative estimate of drug-likeness (QED) is 0.469. The maximum Gasteiger partial charge on any atom is 0.157 e. The molecule has 0 aliphatic rings. The molecule has 0 unspecified atom stereocenters. The van der Waals surface area contributed by atoms with Crippen LogP contribution in [0, 0.1) is 0 Å². The molecule has 6 nitrogen and oxygen atoms in total. The minimum atomic E-state index is 0.818. The summed E-state index contributed by atoms with van der Waals surface area (Å²) in [6.07, 6.45) is 3.62. The highest BCUT2D eigenvalue weighted by Gasteiger charge is 1.96. The Kier molecular flexibility index (Phi) is 3.11. The van der Waals surface area contributed by atoms with Gasteiger partial charge in [0.15, 0.2) is 5.65 Å². The van der Waals surface area contributed by atoms with Gasteiger partial charge in [-0.2, -0.15) is 5.10 Å². The maximum absolute atomic E-state index is 4.37. The van der Waals surface area contributed by atoms with Gasteiger partial charge in [-0.3, -0.25) is 10.9 Å². The maximum atomic E-state index is 4.37. The van der Waals surface area contributed by atoms with Crippen LogP contribution in [0.15, 0.2) is 24.5 Å². The molecule has 0 radical (unpaired) electrons. The Morgan fingerprint density at radius 1 is 1.33 bits per heavy atom. The molecule has 0 saturated heterocycles. The predicted octanol–water partition coefficient (Wildman–Crippen LogP) is -0.135. The minimum Gasteiger partial charge on any atom is -0.369 e. The molecular formula is C9H14N6. The van der Waals surface area contributed by atoms with Gasteiger partial charge >= 0.3 is 0 Å². The molecule has 0 aromatic carbocycles. The van der Waals surface area contributed by atoms with E-state index in [0.29, 0.717) is 0 Å². The van der Waals surface area contributed by atoms with Crippen molar-refractivity contribution >= 4 is 11.5 Å². The lowest BCUT2D eigenvalue weighted by atomic mass is 10.5. The number of fused-ring (bicyclic) bond motifs is 1. The van der Waals surface area contributed by atoms with Gasteiger partial charge in [-0.15, -0.1) is 0 Å². The van der Waals surface area contributed by atoms with Crippen LogP contribution in [0.3, 0.4) is 0 Å². The molecule has 0 saturated carbocycles. The number of hydrazine groups is 1. The number of nitrogens with zero attached hydrogens (tertiary/aromatic N) is 3. The van der Waals surface area contributed by atoms with Crippen molar-refractivity contribution in [2.75, 3.05) is 25.5 Å². The standard InChI is InChI=1S/C9H14N6/c1-10-12-6-5-11-8-3-7-15-9(14-8)2-4-13-15/h2-4,7,10,12H,5-6H2,1H3,(H,11,14). The van der Waals surface area contributed by atoms with Gasteiger partial charge in [-0.25, -0.2) is 9.50 Å². The molecular weight excluding hydrogens is 192 g/mol. The molecule has 0 aliphatic carbocycles. The lowest BCUT2D eigenvalue weighted by Crippen LogP contribution is -2.32. The molecule has 2 aromatic heterocycles. The molecule has 2 rings (SSSR count). The summed E-state index contributed by atoms with van der Waals surface area (Å²) >= 11 is 0. The molecule has 6 heteroatoms. The van der Waals surface area contributed by atoms with E-state index in [4.69, 9.17) is 0 Å². The summed E-state index contributed by atoms with van der Waals surface area (Å²) < 4.78 is 1.73. The fourth-order valence-corrected chi connectivity index (χ4v) is 1.29. The highest BCUT2D eigenvalue weighted by atomic mass is 15.3. The Labute approximate surface area is 87.7 Å². The fraction of sp³-hybridized carbons (Fsp3) is 0.333. The smallest absolute Gasteiger partial charge is 0.157 e. The van der Waals surface area contributed by atoms with Crippen molar-refractivity contribution in [1.82, 2.24) is 25.4 Å². The van der Waals surface area contributed by atoms with Gasteiger partial charge in [0.05, 0.1) is 6.20 Å². The number of hydrogen-bond donors (Lipinski definition) is 3. The number of aromatic nitrogens is 3. The second kappa shape index (κ2) is 4.72. The number of nitrogens with one attached hydrogen (secondary N) is 3. The van der Waals surface area contributed by atoms with E-state index >= 15 is 0 Å². The van der Waals surface area contributed by atoms with E-state index in [0.717, 1.165) is 24.6 Å². The van der Waals surface area contributed by atoms with Gasteiger partial charge in [0.25, 0.3) is 0 Å². The van der Waals surface area contributed by atoms with E-state index in [1.807, 2.05) is 25.4 Å². The van der Waals surface area contributed by atoms with E-state index in [1.165, 1.54) is 0 Å².